The van der Waals surface area contributed by atoms with Crippen LogP contribution in [0.25, 0.3) is 0 Å². The number of hydrogen-bond acceptors (Lipinski definition) is 3. The molecule has 0 atom stereocenters. The lowest BCUT2D eigenvalue weighted by atomic mass is 10.2. The van der Waals surface area contributed by atoms with Gasteiger partial charge in [-0.25, -0.2) is 4.79 Å². The highest BCUT2D eigenvalue weighted by molar-refractivity contribution is 6.70. The first kappa shape index (κ1) is 13.6. The van der Waals surface area contributed by atoms with Gasteiger partial charge in [-0.15, -0.1) is 0 Å². The third kappa shape index (κ3) is 3.56. The molecule has 0 spiro atoms. The van der Waals surface area contributed by atoms with E-state index in [2.05, 4.69) is 5.16 Å². The zero-order chi connectivity index (χ0) is 13.7. The van der Waals surface area contributed by atoms with Crippen molar-refractivity contribution in [3.05, 3.63) is 70.7 Å². The van der Waals surface area contributed by atoms with E-state index in [1.165, 1.54) is 0 Å². The lowest BCUT2D eigenvalue weighted by Gasteiger charge is -2.01. The molecule has 2 aromatic carbocycles. The molecular weight excluding hydrogens is 285 g/mol. The van der Waals surface area contributed by atoms with E-state index >= 15 is 0 Å². The molecule has 5 heteroatoms. The van der Waals surface area contributed by atoms with Crippen LogP contribution >= 0.6 is 23.2 Å². The van der Waals surface area contributed by atoms with Gasteiger partial charge in [-0.2, -0.15) is 0 Å². The molecule has 0 fully saturated rings. The van der Waals surface area contributed by atoms with Gasteiger partial charge in [0, 0.05) is 5.56 Å². The van der Waals surface area contributed by atoms with Crippen LogP contribution in [0.15, 0.2) is 59.8 Å². The Morgan fingerprint density at radius 1 is 1.00 bits per heavy atom. The monoisotopic (exact) mass is 293 g/mol. The predicted octanol–water partition coefficient (Wildman–Crippen LogP) is 4.10. The molecule has 19 heavy (non-hydrogen) atoms. The summed E-state index contributed by atoms with van der Waals surface area (Å²) in [5.41, 5.74) is 0.904. The van der Waals surface area contributed by atoms with Gasteiger partial charge in [0.25, 0.3) is 0 Å². The summed E-state index contributed by atoms with van der Waals surface area (Å²) < 4.78 is 0. The molecule has 2 rings (SSSR count). The summed E-state index contributed by atoms with van der Waals surface area (Å²) in [6.07, 6.45) is 0. The molecule has 0 aliphatic rings. The summed E-state index contributed by atoms with van der Waals surface area (Å²) in [7, 11) is 0. The van der Waals surface area contributed by atoms with Crippen molar-refractivity contribution in [2.24, 2.45) is 5.16 Å². The van der Waals surface area contributed by atoms with Crippen molar-refractivity contribution < 1.29 is 9.63 Å². The van der Waals surface area contributed by atoms with Gasteiger partial charge < -0.3 is 4.84 Å². The highest BCUT2D eigenvalue weighted by atomic mass is 35.5. The van der Waals surface area contributed by atoms with E-state index in [0.29, 0.717) is 16.1 Å². The van der Waals surface area contributed by atoms with Gasteiger partial charge in [0.2, 0.25) is 0 Å². The molecular formula is C14H9Cl2NO2. The van der Waals surface area contributed by atoms with E-state index in [9.17, 15) is 4.79 Å². The van der Waals surface area contributed by atoms with Gasteiger partial charge >= 0.3 is 5.97 Å². The van der Waals surface area contributed by atoms with Crippen LogP contribution in [0.5, 0.6) is 0 Å². The van der Waals surface area contributed by atoms with E-state index in [1.807, 2.05) is 0 Å². The summed E-state index contributed by atoms with van der Waals surface area (Å²) in [6, 6.07) is 15.4. The molecule has 0 bridgehead atoms. The fourth-order valence-corrected chi connectivity index (χ4v) is 1.86. The van der Waals surface area contributed by atoms with Gasteiger partial charge in [-0.05, 0) is 18.2 Å². The zero-order valence-electron chi connectivity index (χ0n) is 9.72. The lowest BCUT2D eigenvalue weighted by molar-refractivity contribution is 0.0518. The quantitative estimate of drug-likeness (QED) is 0.485. The molecule has 0 N–H and O–H groups in total. The molecule has 96 valence electrons. The van der Waals surface area contributed by atoms with Crippen LogP contribution in [0, 0.1) is 0 Å². The van der Waals surface area contributed by atoms with Crippen LogP contribution in [0.3, 0.4) is 0 Å². The normalized spacial score (nSPS) is 11.2. The third-order valence-electron chi connectivity index (χ3n) is 2.31. The molecule has 0 aliphatic heterocycles. The molecule has 0 unspecified atom stereocenters. The van der Waals surface area contributed by atoms with Crippen molar-refractivity contribution in [1.82, 2.24) is 0 Å². The second-order valence-electron chi connectivity index (χ2n) is 3.61. The second kappa shape index (κ2) is 6.36. The van der Waals surface area contributed by atoms with Crippen molar-refractivity contribution in [3.8, 4) is 0 Å². The van der Waals surface area contributed by atoms with E-state index in [1.54, 1.807) is 54.6 Å². The van der Waals surface area contributed by atoms with Crippen molar-refractivity contribution in [1.29, 1.82) is 0 Å². The van der Waals surface area contributed by atoms with Crippen molar-refractivity contribution in [2.75, 3.05) is 0 Å². The summed E-state index contributed by atoms with van der Waals surface area (Å²) in [4.78, 5) is 16.4. The second-order valence-corrected chi connectivity index (χ2v) is 4.37. The largest absolute Gasteiger partial charge is 0.365 e. The van der Waals surface area contributed by atoms with Crippen molar-refractivity contribution in [3.63, 3.8) is 0 Å². The van der Waals surface area contributed by atoms with Gasteiger partial charge in [0.15, 0.2) is 5.17 Å². The minimum absolute atomic E-state index is 0.0230. The zero-order valence-corrected chi connectivity index (χ0v) is 11.2. The molecule has 3 nitrogen and oxygen atoms in total. The Labute approximate surface area is 120 Å². The lowest BCUT2D eigenvalue weighted by Crippen LogP contribution is -2.02. The van der Waals surface area contributed by atoms with Crippen molar-refractivity contribution in [2.45, 2.75) is 0 Å². The van der Waals surface area contributed by atoms with Crippen LogP contribution in [-0.2, 0) is 4.84 Å². The minimum Gasteiger partial charge on any atom is -0.311 e. The SMILES string of the molecule is O=C(ON=C(Cl)c1ccccc1Cl)c1ccccc1. The fourth-order valence-electron chi connectivity index (χ4n) is 1.39. The molecule has 0 radical (unpaired) electrons. The summed E-state index contributed by atoms with van der Waals surface area (Å²) in [5.74, 6) is -0.578. The Kier molecular flexibility index (Phi) is 4.55. The number of carbonyl (C=O) groups is 1. The maximum Gasteiger partial charge on any atom is 0.365 e. The van der Waals surface area contributed by atoms with Gasteiger partial charge in [0.1, 0.15) is 0 Å². The Morgan fingerprint density at radius 3 is 2.32 bits per heavy atom. The van der Waals surface area contributed by atoms with Crippen LogP contribution in [0.4, 0.5) is 0 Å². The topological polar surface area (TPSA) is 38.7 Å². The third-order valence-corrected chi connectivity index (χ3v) is 2.92. The highest BCUT2D eigenvalue weighted by Crippen LogP contribution is 2.18. The van der Waals surface area contributed by atoms with Crippen LogP contribution in [0.1, 0.15) is 15.9 Å². The standard InChI is InChI=1S/C14H9Cl2NO2/c15-12-9-5-4-8-11(12)13(16)17-19-14(18)10-6-2-1-3-7-10/h1-9H. The number of carbonyl (C=O) groups excluding carboxylic acids is 1. The molecule has 0 heterocycles. The van der Waals surface area contributed by atoms with Crippen LogP contribution in [-0.4, -0.2) is 11.1 Å². The average Bonchev–Trinajstić information content (AvgIpc) is 2.46. The summed E-state index contributed by atoms with van der Waals surface area (Å²) >= 11 is 11.9. The maximum absolute atomic E-state index is 11.6. The first-order valence-corrected chi connectivity index (χ1v) is 6.19. The predicted molar refractivity (Wildman–Crippen MR) is 75.7 cm³/mol. The summed E-state index contributed by atoms with van der Waals surface area (Å²) in [6.45, 7) is 0. The Hall–Kier alpha value is -1.84. The number of benzene rings is 2. The fraction of sp³-hybridized carbons (Fsp3) is 0. The molecule has 0 saturated carbocycles. The molecule has 2 aromatic rings. The van der Waals surface area contributed by atoms with Crippen molar-refractivity contribution >= 4 is 34.3 Å². The number of rotatable bonds is 3. The summed E-state index contributed by atoms with van der Waals surface area (Å²) in [5, 5.41) is 4.04. The van der Waals surface area contributed by atoms with E-state index in [0.717, 1.165) is 0 Å². The smallest absolute Gasteiger partial charge is 0.311 e. The Morgan fingerprint density at radius 2 is 1.63 bits per heavy atom. The first-order chi connectivity index (χ1) is 9.18. The van der Waals surface area contributed by atoms with Crippen LogP contribution in [0.2, 0.25) is 5.02 Å². The van der Waals surface area contributed by atoms with E-state index in [4.69, 9.17) is 28.0 Å². The number of hydrogen-bond donors (Lipinski definition) is 0. The minimum atomic E-state index is -0.578. The van der Waals surface area contributed by atoms with Gasteiger partial charge in [0.05, 0.1) is 10.6 Å². The Bertz CT molecular complexity index is 612. The first-order valence-electron chi connectivity index (χ1n) is 5.43. The molecule has 0 aromatic heterocycles. The maximum atomic E-state index is 11.6. The molecule has 0 aliphatic carbocycles. The van der Waals surface area contributed by atoms with Crippen LogP contribution < -0.4 is 0 Å². The molecule has 0 saturated heterocycles. The van der Waals surface area contributed by atoms with Gasteiger partial charge in [-0.1, -0.05) is 64.8 Å². The number of oxime groups is 1. The van der Waals surface area contributed by atoms with E-state index < -0.39 is 5.97 Å². The number of halogens is 2. The Balaban J connectivity index is 2.11. The number of nitrogens with zero attached hydrogens (tertiary/aromatic N) is 1. The van der Waals surface area contributed by atoms with Gasteiger partial charge in [-0.3, -0.25) is 0 Å². The van der Waals surface area contributed by atoms with E-state index in [-0.39, 0.29) is 5.17 Å². The molecule has 0 amide bonds. The highest BCUT2D eigenvalue weighted by Gasteiger charge is 2.09. The average molecular weight is 294 g/mol.